The number of carbonyl (C=O) groups is 17. The number of hydrogen-bond donors (Lipinski definition) is 21. The van der Waals surface area contributed by atoms with E-state index in [2.05, 4.69) is 89.1 Å². The van der Waals surface area contributed by atoms with E-state index in [4.69, 9.17) is 22.9 Å². The van der Waals surface area contributed by atoms with Crippen molar-refractivity contribution < 1.29 is 91.7 Å². The summed E-state index contributed by atoms with van der Waals surface area (Å²) in [5.41, 5.74) is 20.2. The number of aromatic amines is 2. The second-order valence-electron chi connectivity index (χ2n) is 29.5. The monoisotopic (exact) mass is 1590 g/mol. The lowest BCUT2D eigenvalue weighted by atomic mass is 9.96. The van der Waals surface area contributed by atoms with Gasteiger partial charge in [0.05, 0.1) is 31.2 Å². The Morgan fingerprint density at radius 1 is 0.495 bits per heavy atom. The van der Waals surface area contributed by atoms with E-state index in [9.17, 15) is 91.7 Å². The van der Waals surface area contributed by atoms with Crippen LogP contribution in [0.2, 0.25) is 0 Å². The van der Waals surface area contributed by atoms with Crippen LogP contribution in [0, 0.1) is 23.7 Å². The fourth-order valence-electron chi connectivity index (χ4n) is 10.8. The average molecular weight is 1590 g/mol. The van der Waals surface area contributed by atoms with Gasteiger partial charge in [0, 0.05) is 49.5 Å². The van der Waals surface area contributed by atoms with Crippen molar-refractivity contribution in [2.45, 2.75) is 251 Å². The Morgan fingerprint density at radius 2 is 0.946 bits per heavy atom. The molecule has 0 unspecified atom stereocenters. The number of nitrogens with zero attached hydrogens (tertiary/aromatic N) is 2. The minimum absolute atomic E-state index is 0.0374. The zero-order valence-electron chi connectivity index (χ0n) is 65.4. The van der Waals surface area contributed by atoms with Gasteiger partial charge in [-0.25, -0.2) is 14.8 Å². The Bertz CT molecular complexity index is 3480. The van der Waals surface area contributed by atoms with Gasteiger partial charge in [-0.3, -0.25) is 76.7 Å². The Balaban J connectivity index is 2.48. The number of amides is 15. The van der Waals surface area contributed by atoms with Crippen molar-refractivity contribution in [1.29, 1.82) is 0 Å². The van der Waals surface area contributed by atoms with Crippen LogP contribution in [0.15, 0.2) is 25.0 Å². The third-order valence-corrected chi connectivity index (χ3v) is 18.0. The molecule has 622 valence electrons. The molecule has 15 amide bonds. The quantitative estimate of drug-likeness (QED) is 0.0279. The molecule has 25 N–H and O–H groups in total. The Hall–Kier alpha value is -10.3. The molecule has 0 fully saturated rings. The number of primary amides is 2. The minimum Gasteiger partial charge on any atom is -0.481 e. The number of carboxylic acids is 2. The molecule has 2 aromatic rings. The normalized spacial score (nSPS) is 14.8. The van der Waals surface area contributed by atoms with Crippen molar-refractivity contribution in [3.8, 4) is 0 Å². The maximum atomic E-state index is 14.6. The second kappa shape index (κ2) is 47.7. The number of imidazole rings is 2. The van der Waals surface area contributed by atoms with Crippen molar-refractivity contribution in [2.75, 3.05) is 25.1 Å². The number of aromatic nitrogens is 4. The third-order valence-electron chi connectivity index (χ3n) is 17.4. The number of hydrogen-bond acceptors (Lipinski definition) is 22. The van der Waals surface area contributed by atoms with Crippen molar-refractivity contribution in [1.82, 2.24) is 89.1 Å². The molecule has 0 saturated heterocycles. The number of aliphatic carboxylic acids is 2. The van der Waals surface area contributed by atoms with Crippen LogP contribution in [0.5, 0.6) is 0 Å². The van der Waals surface area contributed by atoms with Crippen molar-refractivity contribution >= 4 is 112 Å². The lowest BCUT2D eigenvalue weighted by Crippen LogP contribution is -2.64. The molecule has 0 aliphatic carbocycles. The van der Waals surface area contributed by atoms with E-state index in [1.807, 2.05) is 0 Å². The van der Waals surface area contributed by atoms with Gasteiger partial charge in [-0.15, -0.1) is 0 Å². The smallest absolute Gasteiger partial charge is 0.326 e. The zero-order valence-corrected chi connectivity index (χ0v) is 66.3. The van der Waals surface area contributed by atoms with Crippen LogP contribution in [0.1, 0.15) is 172 Å². The van der Waals surface area contributed by atoms with E-state index >= 15 is 0 Å². The van der Waals surface area contributed by atoms with Gasteiger partial charge < -0.3 is 112 Å². The SMILES string of the molecule is CC[C@H](C)[C@H](NC(=O)[C@H](CCC(=O)O)NC(=O)C(C)(C)NC(=O)[C@@H](NC(=O)C(C)(C)N)C(C)C)C(=O)N[C@@H](CCC(N)=O)C(=O)N[C@@H](CC(C)C)C(=O)N[C@@H](CCSC)C(=O)N[C@@H](Cc1cnc[nH]1)C(=O)N[C@@H](CC(N)=O)C(=O)N[C@@H](CC(C)C)C(=O)NCC(=O)N[C@@H](CCCCN)C(=O)N[C@@H](Cc1cnc[nH]1)C(=O)O. The summed E-state index contributed by atoms with van der Waals surface area (Å²) in [6.45, 7) is 18.3. The van der Waals surface area contributed by atoms with Crippen LogP contribution >= 0.6 is 11.8 Å². The first kappa shape index (κ1) is 96.8. The van der Waals surface area contributed by atoms with E-state index in [0.717, 1.165) is 0 Å². The molecular formula is C70H117N21O19S. The maximum absolute atomic E-state index is 14.6. The van der Waals surface area contributed by atoms with Gasteiger partial charge in [0.2, 0.25) is 88.6 Å². The van der Waals surface area contributed by atoms with Crippen LogP contribution in [-0.2, 0) is 94.3 Å². The number of nitrogens with two attached hydrogens (primary N) is 4. The molecule has 0 aromatic carbocycles. The van der Waals surface area contributed by atoms with Crippen LogP contribution in [0.4, 0.5) is 0 Å². The fraction of sp³-hybridized carbons (Fsp3) is 0.671. The van der Waals surface area contributed by atoms with E-state index in [1.165, 1.54) is 64.5 Å². The summed E-state index contributed by atoms with van der Waals surface area (Å²) in [7, 11) is 0. The van der Waals surface area contributed by atoms with E-state index in [-0.39, 0.29) is 74.8 Å². The molecular weight excluding hydrogens is 1470 g/mol. The summed E-state index contributed by atoms with van der Waals surface area (Å²) in [5, 5.41) is 52.3. The predicted octanol–water partition coefficient (Wildman–Crippen LogP) is -4.23. The molecule has 0 aliphatic heterocycles. The first-order valence-corrected chi connectivity index (χ1v) is 38.1. The number of H-pyrrole nitrogens is 2. The molecule has 0 bridgehead atoms. The van der Waals surface area contributed by atoms with Gasteiger partial charge in [-0.1, -0.05) is 61.8 Å². The number of carbonyl (C=O) groups excluding carboxylic acids is 15. The third kappa shape index (κ3) is 35.9. The van der Waals surface area contributed by atoms with Crippen LogP contribution in [0.25, 0.3) is 0 Å². The van der Waals surface area contributed by atoms with Crippen molar-refractivity contribution in [3.05, 3.63) is 36.4 Å². The van der Waals surface area contributed by atoms with Crippen LogP contribution in [-0.4, -0.2) is 233 Å². The minimum atomic E-state index is -1.82. The first-order valence-electron chi connectivity index (χ1n) is 36.7. The Kier molecular flexibility index (Phi) is 41.6. The standard InChI is InChI=1S/C70H117N21O19S/c1-14-38(8)55(89-60(101)43(19-21-53(95)96)88-68(110)70(11,12)91-65(106)54(37(6)7)90-67(109)69(9,10)74)64(105)82-42(18-20-50(72)92)58(99)84-46(26-36(4)5)61(102)81-44(22-24-111-13)59(100)85-47(27-39-30-75-33-78-39)62(103)86-48(29-51(73)93)63(104)83-45(25-35(2)3)56(97)77-32-52(94)80-41(17-15-16-23-71)57(98)87-49(66(107)108)28-40-31-76-34-79-40/h30-31,33-38,41-49,54-55H,14-29,32,71,74H2,1-13H3,(H2,72,92)(H2,73,93)(H,75,78)(H,76,79)(H,77,97)(H,80,94)(H,81,102)(H,82,105)(H,83,104)(H,84,99)(H,85,100)(H,86,103)(H,87,98)(H,88,110)(H,89,101)(H,90,109)(H,91,106)(H,95,96)(H,107,108)/t38-,41-,42-,43-,44-,45-,46-,47-,48-,49-,54-,55-/m0/s1. The zero-order chi connectivity index (χ0) is 84.2. The number of thioether (sulfide) groups is 1. The molecule has 40 nitrogen and oxygen atoms in total. The lowest BCUT2D eigenvalue weighted by molar-refractivity contribution is -0.142. The summed E-state index contributed by atoms with van der Waals surface area (Å²) < 4.78 is 0. The number of carboxylic acid groups (broad SMARTS) is 2. The summed E-state index contributed by atoms with van der Waals surface area (Å²) in [6.07, 6.45) is 4.28. The summed E-state index contributed by atoms with van der Waals surface area (Å²) in [4.78, 5) is 245. The number of nitrogens with one attached hydrogen (secondary N) is 15. The molecule has 111 heavy (non-hydrogen) atoms. The van der Waals surface area contributed by atoms with Gasteiger partial charge in [0.1, 0.15) is 72.0 Å². The molecule has 12 atom stereocenters. The van der Waals surface area contributed by atoms with E-state index in [1.54, 1.807) is 61.6 Å². The van der Waals surface area contributed by atoms with Crippen molar-refractivity contribution in [2.24, 2.45) is 46.6 Å². The number of rotatable bonds is 53. The highest BCUT2D eigenvalue weighted by Gasteiger charge is 2.41. The second-order valence-corrected chi connectivity index (χ2v) is 30.5. The lowest BCUT2D eigenvalue weighted by Gasteiger charge is -2.32. The van der Waals surface area contributed by atoms with Crippen LogP contribution in [0.3, 0.4) is 0 Å². The highest BCUT2D eigenvalue weighted by molar-refractivity contribution is 7.98. The summed E-state index contributed by atoms with van der Waals surface area (Å²) in [6, 6.07) is -16.5. The predicted molar refractivity (Wildman–Crippen MR) is 405 cm³/mol. The van der Waals surface area contributed by atoms with Gasteiger partial charge in [-0.2, -0.15) is 11.8 Å². The molecule has 2 rings (SSSR count). The molecule has 0 radical (unpaired) electrons. The largest absolute Gasteiger partial charge is 0.481 e. The average Bonchev–Trinajstić information content (AvgIpc) is 1.22. The van der Waals surface area contributed by atoms with E-state index < -0.39 is 229 Å². The highest BCUT2D eigenvalue weighted by Crippen LogP contribution is 2.17. The van der Waals surface area contributed by atoms with Crippen LogP contribution < -0.4 is 92.1 Å². The van der Waals surface area contributed by atoms with E-state index in [0.29, 0.717) is 18.5 Å². The van der Waals surface area contributed by atoms with Gasteiger partial charge in [0.25, 0.3) is 0 Å². The summed E-state index contributed by atoms with van der Waals surface area (Å²) in [5.74, 6) is -18.6. The van der Waals surface area contributed by atoms with Gasteiger partial charge in [0.15, 0.2) is 0 Å². The highest BCUT2D eigenvalue weighted by atomic mass is 32.2. The van der Waals surface area contributed by atoms with Gasteiger partial charge >= 0.3 is 11.9 Å². The Morgan fingerprint density at radius 3 is 1.42 bits per heavy atom. The molecule has 0 aliphatic rings. The summed E-state index contributed by atoms with van der Waals surface area (Å²) >= 11 is 1.27. The molecule has 2 aromatic heterocycles. The fourth-order valence-corrected chi connectivity index (χ4v) is 11.3. The Labute approximate surface area is 649 Å². The molecule has 2 heterocycles. The topological polar surface area (TPSA) is 648 Å². The first-order chi connectivity index (χ1) is 51.8. The van der Waals surface area contributed by atoms with Gasteiger partial charge in [-0.05, 0) is 121 Å². The maximum Gasteiger partial charge on any atom is 0.326 e. The van der Waals surface area contributed by atoms with Crippen molar-refractivity contribution in [3.63, 3.8) is 0 Å². The molecule has 0 saturated carbocycles. The molecule has 41 heteroatoms. The number of unbranched alkanes of at least 4 members (excludes halogenated alkanes) is 1. The molecule has 0 spiro atoms.